The summed E-state index contributed by atoms with van der Waals surface area (Å²) in [4.78, 5) is 0. The Labute approximate surface area is 197 Å². The minimum Gasteiger partial charge on any atom is -0.313 e. The van der Waals surface area contributed by atoms with Crippen LogP contribution in [0.5, 0.6) is 0 Å². The second kappa shape index (κ2) is 14.1. The minimum absolute atomic E-state index is 0. The summed E-state index contributed by atoms with van der Waals surface area (Å²) in [6, 6.07) is 15.1. The van der Waals surface area contributed by atoms with Crippen LogP contribution in [0.4, 0.5) is 0 Å². The Kier molecular flexibility index (Phi) is 14.6. The molecule has 2 aromatic carbocycles. The van der Waals surface area contributed by atoms with Crippen LogP contribution in [0.3, 0.4) is 0 Å². The quantitative estimate of drug-likeness (QED) is 0.290. The van der Waals surface area contributed by atoms with E-state index in [4.69, 9.17) is 23.2 Å². The Morgan fingerprint density at radius 2 is 1.58 bits per heavy atom. The van der Waals surface area contributed by atoms with Crippen molar-refractivity contribution in [3.05, 3.63) is 69.2 Å². The lowest BCUT2D eigenvalue weighted by atomic mass is 9.77. The SMILES string of the molecule is CN[C@H]1CC[C@@H](c2ccc(Cl)c(Cl)c2)c2ccccc21.Cl.S.SSSS. The van der Waals surface area contributed by atoms with E-state index >= 15 is 0 Å². The number of rotatable bonds is 3. The van der Waals surface area contributed by atoms with Gasteiger partial charge in [-0.3, -0.25) is 0 Å². The highest BCUT2D eigenvalue weighted by molar-refractivity contribution is 9.21. The van der Waals surface area contributed by atoms with Gasteiger partial charge in [-0.05, 0) is 68.4 Å². The van der Waals surface area contributed by atoms with Crippen molar-refractivity contribution >= 4 is 92.1 Å². The summed E-state index contributed by atoms with van der Waals surface area (Å²) in [5.74, 6) is 0.408. The topological polar surface area (TPSA) is 12.0 Å². The van der Waals surface area contributed by atoms with Crippen LogP contribution in [0.25, 0.3) is 0 Å². The Morgan fingerprint density at radius 1 is 0.962 bits per heavy atom. The smallest absolute Gasteiger partial charge is 0.0595 e. The molecule has 1 N–H and O–H groups in total. The first kappa shape index (κ1) is 27.0. The van der Waals surface area contributed by atoms with E-state index in [2.05, 4.69) is 59.0 Å². The van der Waals surface area contributed by atoms with E-state index in [1.807, 2.05) is 19.2 Å². The Hall–Kier alpha value is 1.02. The summed E-state index contributed by atoms with van der Waals surface area (Å²) in [6.45, 7) is 0. The molecule has 0 amide bonds. The van der Waals surface area contributed by atoms with Gasteiger partial charge in [0, 0.05) is 12.0 Å². The molecule has 0 unspecified atom stereocenters. The highest BCUT2D eigenvalue weighted by Gasteiger charge is 2.27. The first-order valence-electron chi connectivity index (χ1n) is 7.45. The van der Waals surface area contributed by atoms with Crippen molar-refractivity contribution < 1.29 is 0 Å². The number of hydrogen-bond acceptors (Lipinski definition) is 5. The van der Waals surface area contributed by atoms with E-state index in [1.54, 1.807) is 0 Å². The number of benzene rings is 2. The van der Waals surface area contributed by atoms with Gasteiger partial charge in [0.2, 0.25) is 0 Å². The Bertz CT molecular complexity index is 673. The van der Waals surface area contributed by atoms with Crippen LogP contribution in [0.1, 0.15) is 41.5 Å². The zero-order chi connectivity index (χ0) is 17.5. The fourth-order valence-electron chi connectivity index (χ4n) is 3.17. The van der Waals surface area contributed by atoms with Crippen LogP contribution in [0.15, 0.2) is 42.5 Å². The summed E-state index contributed by atoms with van der Waals surface area (Å²) in [5, 5.41) is 4.66. The van der Waals surface area contributed by atoms with E-state index in [1.165, 1.54) is 36.3 Å². The number of fused-ring (bicyclic) bond motifs is 1. The molecule has 0 aromatic heterocycles. The lowest BCUT2D eigenvalue weighted by Gasteiger charge is -2.32. The maximum Gasteiger partial charge on any atom is 0.0595 e. The Morgan fingerprint density at radius 3 is 2.12 bits per heavy atom. The molecule has 3 rings (SSSR count). The van der Waals surface area contributed by atoms with Crippen molar-refractivity contribution in [2.75, 3.05) is 7.05 Å². The molecule has 0 heterocycles. The number of nitrogens with one attached hydrogen (secondary N) is 1. The van der Waals surface area contributed by atoms with Crippen molar-refractivity contribution in [3.8, 4) is 0 Å². The normalized spacial score (nSPS) is 17.7. The molecule has 1 aliphatic carbocycles. The van der Waals surface area contributed by atoms with E-state index < -0.39 is 0 Å². The van der Waals surface area contributed by atoms with Crippen LogP contribution in [-0.4, -0.2) is 7.05 Å². The molecular weight excluding hydrogens is 485 g/mol. The van der Waals surface area contributed by atoms with Crippen LogP contribution >= 0.6 is 92.1 Å². The van der Waals surface area contributed by atoms with E-state index in [0.717, 1.165) is 12.8 Å². The Balaban J connectivity index is 0.000000951. The van der Waals surface area contributed by atoms with Gasteiger partial charge in [0.1, 0.15) is 0 Å². The number of hydrogen-bond donors (Lipinski definition) is 3. The van der Waals surface area contributed by atoms with Gasteiger partial charge in [0.15, 0.2) is 0 Å². The minimum atomic E-state index is 0. The van der Waals surface area contributed by atoms with Crippen molar-refractivity contribution in [2.45, 2.75) is 24.8 Å². The lowest BCUT2D eigenvalue weighted by Crippen LogP contribution is -2.24. The molecule has 0 fully saturated rings. The third-order valence-electron chi connectivity index (χ3n) is 4.22. The molecule has 9 heteroatoms. The van der Waals surface area contributed by atoms with Gasteiger partial charge >= 0.3 is 0 Å². The first-order valence-corrected chi connectivity index (χ1v) is 12.5. The zero-order valence-electron chi connectivity index (χ0n) is 14.0. The molecule has 1 aliphatic rings. The molecule has 0 saturated heterocycles. The van der Waals surface area contributed by atoms with Crippen molar-refractivity contribution in [3.63, 3.8) is 0 Å². The molecule has 2 aromatic rings. The molecule has 1 nitrogen and oxygen atoms in total. The summed E-state index contributed by atoms with van der Waals surface area (Å²) >= 11 is 19.6. The van der Waals surface area contributed by atoms with Crippen molar-refractivity contribution in [1.82, 2.24) is 5.32 Å². The zero-order valence-corrected chi connectivity index (χ0v) is 20.7. The third-order valence-corrected chi connectivity index (χ3v) is 7.62. The number of halogens is 3. The molecule has 0 saturated carbocycles. The average molecular weight is 507 g/mol. The molecule has 0 aliphatic heterocycles. The lowest BCUT2D eigenvalue weighted by molar-refractivity contribution is 0.471. The predicted octanol–water partition coefficient (Wildman–Crippen LogP) is 7.77. The van der Waals surface area contributed by atoms with Gasteiger partial charge in [-0.2, -0.15) is 13.5 Å². The van der Waals surface area contributed by atoms with Gasteiger partial charge in [-0.15, -0.1) is 12.4 Å². The van der Waals surface area contributed by atoms with E-state index in [9.17, 15) is 0 Å². The highest BCUT2D eigenvalue weighted by Crippen LogP contribution is 2.42. The highest BCUT2D eigenvalue weighted by atomic mass is 35.5. The fourth-order valence-corrected chi connectivity index (χ4v) is 3.47. The van der Waals surface area contributed by atoms with E-state index in [-0.39, 0.29) is 25.9 Å². The largest absolute Gasteiger partial charge is 0.313 e. The monoisotopic (exact) mass is 505 g/mol. The standard InChI is InChI=1S/C17H17Cl2N.ClH.H2S4.H2S/c1-20-17-9-7-12(13-4-2-3-5-14(13)17)11-6-8-15(18)16(19)10-11;;1-3-4-2;/h2-6,8,10,12,17,20H,7,9H2,1H3;1H;1-2H;1H2/t12-,17-;;;/m0.../s1. The molecule has 26 heavy (non-hydrogen) atoms. The van der Waals surface area contributed by atoms with Crippen LogP contribution in [-0.2, 0) is 0 Å². The van der Waals surface area contributed by atoms with Gasteiger partial charge in [-0.1, -0.05) is 76.9 Å². The summed E-state index contributed by atoms with van der Waals surface area (Å²) in [5.41, 5.74) is 4.05. The second-order valence-electron chi connectivity index (χ2n) is 5.42. The third kappa shape index (κ3) is 7.12. The van der Waals surface area contributed by atoms with Gasteiger partial charge in [-0.25, -0.2) is 0 Å². The molecule has 146 valence electrons. The molecule has 0 spiro atoms. The van der Waals surface area contributed by atoms with Crippen LogP contribution in [0.2, 0.25) is 10.0 Å². The maximum absolute atomic E-state index is 6.17. The summed E-state index contributed by atoms with van der Waals surface area (Å²) < 4.78 is 0. The van der Waals surface area contributed by atoms with Crippen molar-refractivity contribution in [2.24, 2.45) is 0 Å². The van der Waals surface area contributed by atoms with Crippen LogP contribution < -0.4 is 5.32 Å². The van der Waals surface area contributed by atoms with Gasteiger partial charge in [0.05, 0.1) is 10.0 Å². The molecular formula is C17H22Cl3NS5. The molecule has 0 bridgehead atoms. The van der Waals surface area contributed by atoms with Gasteiger partial charge in [0.25, 0.3) is 0 Å². The molecule has 2 atom stereocenters. The summed E-state index contributed by atoms with van der Waals surface area (Å²) in [6.07, 6.45) is 2.26. The predicted molar refractivity (Wildman–Crippen MR) is 137 cm³/mol. The van der Waals surface area contributed by atoms with Gasteiger partial charge < -0.3 is 5.32 Å². The van der Waals surface area contributed by atoms with Crippen molar-refractivity contribution in [1.29, 1.82) is 0 Å². The maximum atomic E-state index is 6.17. The average Bonchev–Trinajstić information content (AvgIpc) is 2.63. The fraction of sp³-hybridized carbons (Fsp3) is 0.294. The second-order valence-corrected chi connectivity index (χ2v) is 10.1. The van der Waals surface area contributed by atoms with Crippen LogP contribution in [0, 0.1) is 0 Å². The molecule has 0 radical (unpaired) electrons. The first-order chi connectivity index (χ1) is 11.6. The summed E-state index contributed by atoms with van der Waals surface area (Å²) in [7, 11) is 4.69. The number of thiol groups is 2. The van der Waals surface area contributed by atoms with E-state index in [0.29, 0.717) is 22.0 Å².